The normalized spacial score (nSPS) is 22.6. The van der Waals surface area contributed by atoms with Crippen LogP contribution in [0.5, 0.6) is 0 Å². The molecule has 0 aliphatic carbocycles. The molecule has 2 rings (SSSR count). The first kappa shape index (κ1) is 14.9. The Morgan fingerprint density at radius 3 is 2.50 bits per heavy atom. The second-order valence-electron chi connectivity index (χ2n) is 5.75. The number of hydrogen-bond donors (Lipinski definition) is 1. The van der Waals surface area contributed by atoms with Gasteiger partial charge in [0.25, 0.3) is 5.91 Å². The second-order valence-corrected chi connectivity index (χ2v) is 6.18. The number of amides is 1. The molecule has 1 N–H and O–H groups in total. The molecule has 2 heterocycles. The highest BCUT2D eigenvalue weighted by atomic mass is 35.5. The van der Waals surface area contributed by atoms with Crippen LogP contribution < -0.4 is 0 Å². The summed E-state index contributed by atoms with van der Waals surface area (Å²) < 4.78 is 1.67. The van der Waals surface area contributed by atoms with Crippen molar-refractivity contribution in [2.24, 2.45) is 18.4 Å². The molecule has 1 fully saturated rings. The van der Waals surface area contributed by atoms with Gasteiger partial charge < -0.3 is 14.6 Å². The molecule has 0 aromatic carbocycles. The van der Waals surface area contributed by atoms with Crippen molar-refractivity contribution >= 4 is 23.5 Å². The number of carbonyl (C=O) groups excluding carboxylic acids is 1. The van der Waals surface area contributed by atoms with Crippen molar-refractivity contribution in [1.29, 1.82) is 0 Å². The third-order valence-electron chi connectivity index (χ3n) is 4.31. The lowest BCUT2D eigenvalue weighted by atomic mass is 9.76. The molecule has 1 amide bonds. The number of carbonyl (C=O) groups is 2. The Balaban J connectivity index is 2.23. The van der Waals surface area contributed by atoms with E-state index >= 15 is 0 Å². The lowest BCUT2D eigenvalue weighted by molar-refractivity contribution is -0.150. The van der Waals surface area contributed by atoms with Crippen LogP contribution in [-0.4, -0.2) is 39.5 Å². The van der Waals surface area contributed by atoms with E-state index in [1.54, 1.807) is 28.8 Å². The minimum Gasteiger partial charge on any atom is -0.481 e. The number of aliphatic carboxylic acids is 1. The van der Waals surface area contributed by atoms with E-state index in [1.807, 2.05) is 13.8 Å². The highest BCUT2D eigenvalue weighted by Gasteiger charge is 2.48. The largest absolute Gasteiger partial charge is 0.481 e. The van der Waals surface area contributed by atoms with Crippen molar-refractivity contribution in [2.45, 2.75) is 20.3 Å². The predicted molar refractivity (Wildman–Crippen MR) is 75.9 cm³/mol. The van der Waals surface area contributed by atoms with Gasteiger partial charge in [0, 0.05) is 26.3 Å². The monoisotopic (exact) mass is 298 g/mol. The smallest absolute Gasteiger partial charge is 0.311 e. The van der Waals surface area contributed by atoms with Crippen molar-refractivity contribution in [3.63, 3.8) is 0 Å². The zero-order chi connectivity index (χ0) is 15.1. The molecule has 5 nitrogen and oxygen atoms in total. The van der Waals surface area contributed by atoms with Gasteiger partial charge in [-0.3, -0.25) is 9.59 Å². The molecule has 6 heteroatoms. The highest BCUT2D eigenvalue weighted by molar-refractivity contribution is 6.31. The number of carboxylic acids is 1. The van der Waals surface area contributed by atoms with Gasteiger partial charge in [-0.05, 0) is 18.4 Å². The van der Waals surface area contributed by atoms with Crippen LogP contribution in [0, 0.1) is 11.3 Å². The Morgan fingerprint density at radius 1 is 1.45 bits per heavy atom. The quantitative estimate of drug-likeness (QED) is 0.931. The van der Waals surface area contributed by atoms with Gasteiger partial charge in [-0.25, -0.2) is 0 Å². The van der Waals surface area contributed by atoms with Crippen LogP contribution in [0.2, 0.25) is 5.02 Å². The zero-order valence-electron chi connectivity index (χ0n) is 11.9. The van der Waals surface area contributed by atoms with Crippen LogP contribution >= 0.6 is 11.6 Å². The number of halogens is 1. The van der Waals surface area contributed by atoms with Gasteiger partial charge in [0.05, 0.1) is 10.4 Å². The van der Waals surface area contributed by atoms with Crippen molar-refractivity contribution in [2.75, 3.05) is 13.1 Å². The zero-order valence-corrected chi connectivity index (χ0v) is 12.6. The highest BCUT2D eigenvalue weighted by Crippen LogP contribution is 2.38. The molecule has 1 aliphatic heterocycles. The maximum atomic E-state index is 12.5. The van der Waals surface area contributed by atoms with Crippen molar-refractivity contribution in [3.8, 4) is 0 Å². The molecule has 1 unspecified atom stereocenters. The van der Waals surface area contributed by atoms with E-state index in [1.165, 1.54) is 0 Å². The molecule has 0 bridgehead atoms. The first-order chi connectivity index (χ1) is 9.28. The fourth-order valence-corrected chi connectivity index (χ4v) is 3.05. The number of hydrogen-bond acceptors (Lipinski definition) is 2. The molecular weight excluding hydrogens is 280 g/mol. The Morgan fingerprint density at radius 2 is 2.10 bits per heavy atom. The summed E-state index contributed by atoms with van der Waals surface area (Å²) in [5.41, 5.74) is -0.357. The summed E-state index contributed by atoms with van der Waals surface area (Å²) in [7, 11) is 1.75. The maximum absolute atomic E-state index is 12.5. The van der Waals surface area contributed by atoms with Crippen molar-refractivity contribution in [1.82, 2.24) is 9.47 Å². The van der Waals surface area contributed by atoms with Crippen LogP contribution in [0.1, 0.15) is 30.8 Å². The third kappa shape index (κ3) is 2.30. The summed E-state index contributed by atoms with van der Waals surface area (Å²) in [6, 6.07) is 1.61. The number of aryl methyl sites for hydroxylation is 1. The fraction of sp³-hybridized carbons (Fsp3) is 0.571. The summed E-state index contributed by atoms with van der Waals surface area (Å²) in [5, 5.41) is 10.0. The molecule has 0 saturated carbocycles. The van der Waals surface area contributed by atoms with Crippen molar-refractivity contribution < 1.29 is 14.7 Å². The van der Waals surface area contributed by atoms with E-state index in [2.05, 4.69) is 0 Å². The van der Waals surface area contributed by atoms with Gasteiger partial charge in [-0.15, -0.1) is 0 Å². The number of rotatable bonds is 3. The van der Waals surface area contributed by atoms with Gasteiger partial charge in [-0.1, -0.05) is 25.4 Å². The first-order valence-electron chi connectivity index (χ1n) is 6.62. The van der Waals surface area contributed by atoms with Crippen LogP contribution in [0.4, 0.5) is 0 Å². The van der Waals surface area contributed by atoms with Crippen molar-refractivity contribution in [3.05, 3.63) is 23.0 Å². The average Bonchev–Trinajstić information content (AvgIpc) is 2.93. The summed E-state index contributed by atoms with van der Waals surface area (Å²) in [6.07, 6.45) is 2.15. The SMILES string of the molecule is CC(C)C1(C(=O)O)CCN(C(=O)c2cc(Cl)cn2C)C1. The topological polar surface area (TPSA) is 62.5 Å². The molecule has 110 valence electrons. The number of carboxylic acid groups (broad SMARTS) is 1. The van der Waals surface area contributed by atoms with Gasteiger partial charge in [0.1, 0.15) is 5.69 Å². The minimum absolute atomic E-state index is 0.0187. The molecular formula is C14H19ClN2O3. The Hall–Kier alpha value is -1.49. The van der Waals surface area contributed by atoms with E-state index in [9.17, 15) is 14.7 Å². The Kier molecular flexibility index (Phi) is 3.82. The summed E-state index contributed by atoms with van der Waals surface area (Å²) in [4.78, 5) is 25.7. The lowest BCUT2D eigenvalue weighted by Gasteiger charge is -2.28. The van der Waals surface area contributed by atoms with Crippen LogP contribution in [-0.2, 0) is 11.8 Å². The van der Waals surface area contributed by atoms with E-state index in [-0.39, 0.29) is 18.4 Å². The van der Waals surface area contributed by atoms with Gasteiger partial charge in [0.2, 0.25) is 0 Å². The molecule has 1 aromatic rings. The number of likely N-dealkylation sites (tertiary alicyclic amines) is 1. The molecule has 0 spiro atoms. The fourth-order valence-electron chi connectivity index (χ4n) is 2.80. The first-order valence-corrected chi connectivity index (χ1v) is 7.00. The minimum atomic E-state index is -0.843. The van der Waals surface area contributed by atoms with E-state index in [0.29, 0.717) is 23.7 Å². The van der Waals surface area contributed by atoms with Crippen LogP contribution in [0.25, 0.3) is 0 Å². The number of aromatic nitrogens is 1. The lowest BCUT2D eigenvalue weighted by Crippen LogP contribution is -2.40. The van der Waals surface area contributed by atoms with Crippen LogP contribution in [0.3, 0.4) is 0 Å². The van der Waals surface area contributed by atoms with E-state index in [0.717, 1.165) is 0 Å². The van der Waals surface area contributed by atoms with E-state index < -0.39 is 11.4 Å². The van der Waals surface area contributed by atoms with E-state index in [4.69, 9.17) is 11.6 Å². The molecule has 0 radical (unpaired) electrons. The van der Waals surface area contributed by atoms with Crippen LogP contribution in [0.15, 0.2) is 12.3 Å². The maximum Gasteiger partial charge on any atom is 0.311 e. The summed E-state index contributed by atoms with van der Waals surface area (Å²) in [5.74, 6) is -1.01. The average molecular weight is 299 g/mol. The third-order valence-corrected chi connectivity index (χ3v) is 4.52. The van der Waals surface area contributed by atoms with Gasteiger partial charge in [-0.2, -0.15) is 0 Å². The Labute approximate surface area is 123 Å². The second kappa shape index (κ2) is 5.13. The summed E-state index contributed by atoms with van der Waals surface area (Å²) in [6.45, 7) is 4.50. The molecule has 1 aliphatic rings. The summed E-state index contributed by atoms with van der Waals surface area (Å²) >= 11 is 5.89. The Bertz CT molecular complexity index is 553. The molecule has 1 saturated heterocycles. The van der Waals surface area contributed by atoms with Gasteiger partial charge >= 0.3 is 5.97 Å². The predicted octanol–water partition coefficient (Wildman–Crippen LogP) is 2.25. The molecule has 20 heavy (non-hydrogen) atoms. The standard InChI is InChI=1S/C14H19ClN2O3/c1-9(2)14(13(19)20)4-5-17(8-14)12(18)11-6-10(15)7-16(11)3/h6-7,9H,4-5,8H2,1-3H3,(H,19,20). The molecule has 1 aromatic heterocycles. The molecule has 1 atom stereocenters. The number of nitrogens with zero attached hydrogens (tertiary/aromatic N) is 2. The van der Waals surface area contributed by atoms with Gasteiger partial charge in [0.15, 0.2) is 0 Å².